The second-order valence-corrected chi connectivity index (χ2v) is 5.49. The van der Waals surface area contributed by atoms with Crippen molar-refractivity contribution in [2.45, 2.75) is 63.6 Å². The molecule has 2 saturated carbocycles. The lowest BCUT2D eigenvalue weighted by atomic mass is 9.61. The van der Waals surface area contributed by atoms with Gasteiger partial charge >= 0.3 is 7.12 Å². The van der Waals surface area contributed by atoms with Crippen LogP contribution < -0.4 is 0 Å². The third-order valence-electron chi connectivity index (χ3n) is 4.55. The molecule has 0 unspecified atom stereocenters. The van der Waals surface area contributed by atoms with Gasteiger partial charge in [0.1, 0.15) is 0 Å². The second kappa shape index (κ2) is 5.35. The molecule has 0 amide bonds. The first-order valence-electron chi connectivity index (χ1n) is 6.63. The minimum Gasteiger partial charge on any atom is -0.427 e. The molecule has 0 spiro atoms. The van der Waals surface area contributed by atoms with Crippen molar-refractivity contribution in [2.24, 2.45) is 11.8 Å². The highest BCUT2D eigenvalue weighted by molar-refractivity contribution is 6.43. The monoisotopic (exact) mass is 210 g/mol. The van der Waals surface area contributed by atoms with Gasteiger partial charge < -0.3 is 10.0 Å². The van der Waals surface area contributed by atoms with Crippen LogP contribution in [0.4, 0.5) is 0 Å². The summed E-state index contributed by atoms with van der Waals surface area (Å²) in [5.74, 6) is 2.00. The summed E-state index contributed by atoms with van der Waals surface area (Å²) in [7, 11) is -1.07. The van der Waals surface area contributed by atoms with Crippen LogP contribution in [0, 0.1) is 11.8 Å². The van der Waals surface area contributed by atoms with Crippen LogP contribution in [0.5, 0.6) is 0 Å². The highest BCUT2D eigenvalue weighted by Gasteiger charge is 2.32. The van der Waals surface area contributed by atoms with Crippen LogP contribution in [-0.4, -0.2) is 17.2 Å². The topological polar surface area (TPSA) is 40.5 Å². The molecule has 2 N–H and O–H groups in total. The maximum Gasteiger partial charge on any atom is 0.454 e. The first kappa shape index (κ1) is 11.5. The first-order chi connectivity index (χ1) is 7.27. The molecule has 2 nitrogen and oxygen atoms in total. The van der Waals surface area contributed by atoms with Crippen molar-refractivity contribution in [1.29, 1.82) is 0 Å². The fourth-order valence-corrected chi connectivity index (χ4v) is 3.52. The Hall–Kier alpha value is -0.0151. The summed E-state index contributed by atoms with van der Waals surface area (Å²) in [6, 6.07) is 0. The molecular formula is C12H23BO2. The molecule has 2 aliphatic rings. The second-order valence-electron chi connectivity index (χ2n) is 5.49. The minimum absolute atomic E-state index is 0.157. The van der Waals surface area contributed by atoms with Crippen molar-refractivity contribution in [3.05, 3.63) is 0 Å². The Bertz CT molecular complexity index is 182. The van der Waals surface area contributed by atoms with Crippen molar-refractivity contribution < 1.29 is 10.0 Å². The molecule has 0 saturated heterocycles. The van der Waals surface area contributed by atoms with Gasteiger partial charge in [-0.3, -0.25) is 0 Å². The van der Waals surface area contributed by atoms with E-state index in [0.29, 0.717) is 0 Å². The first-order valence-corrected chi connectivity index (χ1v) is 6.63. The van der Waals surface area contributed by atoms with Crippen molar-refractivity contribution in [1.82, 2.24) is 0 Å². The highest BCUT2D eigenvalue weighted by atomic mass is 16.4. The molecule has 0 aliphatic heterocycles. The van der Waals surface area contributed by atoms with Gasteiger partial charge in [-0.25, -0.2) is 0 Å². The predicted octanol–water partition coefficient (Wildman–Crippen LogP) is 2.60. The lowest BCUT2D eigenvalue weighted by molar-refractivity contribution is 0.188. The smallest absolute Gasteiger partial charge is 0.427 e. The Morgan fingerprint density at radius 2 is 1.20 bits per heavy atom. The van der Waals surface area contributed by atoms with Crippen LogP contribution in [0.3, 0.4) is 0 Å². The zero-order valence-corrected chi connectivity index (χ0v) is 9.57. The Morgan fingerprint density at radius 3 is 1.73 bits per heavy atom. The maximum atomic E-state index is 9.13. The van der Waals surface area contributed by atoms with Crippen LogP contribution in [0.15, 0.2) is 0 Å². The van der Waals surface area contributed by atoms with Gasteiger partial charge in [0.25, 0.3) is 0 Å². The zero-order valence-electron chi connectivity index (χ0n) is 9.57. The summed E-state index contributed by atoms with van der Waals surface area (Å²) in [5, 5.41) is 18.3. The Kier molecular flexibility index (Phi) is 4.09. The van der Waals surface area contributed by atoms with E-state index in [9.17, 15) is 0 Å². The lowest BCUT2D eigenvalue weighted by Gasteiger charge is -2.35. The van der Waals surface area contributed by atoms with E-state index < -0.39 is 7.12 Å². The van der Waals surface area contributed by atoms with Crippen LogP contribution in [-0.2, 0) is 0 Å². The Morgan fingerprint density at radius 1 is 0.667 bits per heavy atom. The summed E-state index contributed by atoms with van der Waals surface area (Å²) in [4.78, 5) is 0. The molecule has 2 aliphatic carbocycles. The van der Waals surface area contributed by atoms with Crippen LogP contribution in [0.1, 0.15) is 57.8 Å². The molecule has 0 aromatic rings. The SMILES string of the molecule is OB(O)C1CCC(C2CCCCC2)CC1. The number of hydrogen-bond acceptors (Lipinski definition) is 2. The third-order valence-corrected chi connectivity index (χ3v) is 4.55. The van der Waals surface area contributed by atoms with Gasteiger partial charge in [-0.15, -0.1) is 0 Å². The van der Waals surface area contributed by atoms with Crippen molar-refractivity contribution in [3.63, 3.8) is 0 Å². The molecule has 86 valence electrons. The number of rotatable bonds is 2. The average Bonchev–Trinajstić information content (AvgIpc) is 2.30. The molecule has 0 aromatic carbocycles. The summed E-state index contributed by atoms with van der Waals surface area (Å²) >= 11 is 0. The quantitative estimate of drug-likeness (QED) is 0.687. The van der Waals surface area contributed by atoms with E-state index in [1.54, 1.807) is 0 Å². The summed E-state index contributed by atoms with van der Waals surface area (Å²) in [6.07, 6.45) is 11.6. The van der Waals surface area contributed by atoms with E-state index in [0.717, 1.165) is 24.7 Å². The zero-order chi connectivity index (χ0) is 10.7. The molecule has 15 heavy (non-hydrogen) atoms. The van der Waals surface area contributed by atoms with Crippen LogP contribution >= 0.6 is 0 Å². The van der Waals surface area contributed by atoms with E-state index in [1.807, 2.05) is 0 Å². The minimum atomic E-state index is -1.07. The normalized spacial score (nSPS) is 34.0. The fraction of sp³-hybridized carbons (Fsp3) is 1.00. The highest BCUT2D eigenvalue weighted by Crippen LogP contribution is 2.41. The van der Waals surface area contributed by atoms with Crippen molar-refractivity contribution >= 4 is 7.12 Å². The molecule has 2 rings (SSSR count). The van der Waals surface area contributed by atoms with Gasteiger partial charge in [0, 0.05) is 0 Å². The molecule has 0 bridgehead atoms. The van der Waals surface area contributed by atoms with Crippen LogP contribution in [0.2, 0.25) is 5.82 Å². The molecule has 2 fully saturated rings. The third kappa shape index (κ3) is 2.98. The van der Waals surface area contributed by atoms with E-state index in [4.69, 9.17) is 10.0 Å². The molecule has 0 radical (unpaired) electrons. The van der Waals surface area contributed by atoms with Crippen molar-refractivity contribution in [2.75, 3.05) is 0 Å². The lowest BCUT2D eigenvalue weighted by Crippen LogP contribution is -2.28. The fourth-order valence-electron chi connectivity index (χ4n) is 3.52. The summed E-state index contributed by atoms with van der Waals surface area (Å²) < 4.78 is 0. The van der Waals surface area contributed by atoms with Gasteiger partial charge in [0.05, 0.1) is 0 Å². The van der Waals surface area contributed by atoms with Gasteiger partial charge in [0.15, 0.2) is 0 Å². The molecule has 3 heteroatoms. The van der Waals surface area contributed by atoms with E-state index in [2.05, 4.69) is 0 Å². The largest absolute Gasteiger partial charge is 0.454 e. The summed E-state index contributed by atoms with van der Waals surface area (Å²) in [5.41, 5.74) is 0. The van der Waals surface area contributed by atoms with Crippen LogP contribution in [0.25, 0.3) is 0 Å². The Labute approximate surface area is 93.2 Å². The van der Waals surface area contributed by atoms with Gasteiger partial charge in [-0.1, -0.05) is 57.8 Å². The molecular weight excluding hydrogens is 187 g/mol. The number of hydrogen-bond donors (Lipinski definition) is 2. The van der Waals surface area contributed by atoms with E-state index in [-0.39, 0.29) is 5.82 Å². The van der Waals surface area contributed by atoms with Gasteiger partial charge in [0.2, 0.25) is 0 Å². The molecule has 0 aromatic heterocycles. The Balaban J connectivity index is 1.77. The van der Waals surface area contributed by atoms with E-state index in [1.165, 1.54) is 44.9 Å². The maximum absolute atomic E-state index is 9.13. The van der Waals surface area contributed by atoms with E-state index >= 15 is 0 Å². The molecule has 0 heterocycles. The van der Waals surface area contributed by atoms with Gasteiger partial charge in [-0.2, -0.15) is 0 Å². The molecule has 0 atom stereocenters. The van der Waals surface area contributed by atoms with Crippen molar-refractivity contribution in [3.8, 4) is 0 Å². The standard InChI is InChI=1S/C12H23BO2/c14-13(15)12-8-6-11(7-9-12)10-4-2-1-3-5-10/h10-12,14-15H,1-9H2. The predicted molar refractivity (Wildman–Crippen MR) is 62.5 cm³/mol. The average molecular weight is 210 g/mol. The van der Waals surface area contributed by atoms with Gasteiger partial charge in [-0.05, 0) is 17.7 Å². The summed E-state index contributed by atoms with van der Waals surface area (Å²) in [6.45, 7) is 0.